The summed E-state index contributed by atoms with van der Waals surface area (Å²) in [6.07, 6.45) is -3.41. The predicted molar refractivity (Wildman–Crippen MR) is 68.6 cm³/mol. The summed E-state index contributed by atoms with van der Waals surface area (Å²) in [5.74, 6) is 0.432. The molecule has 18 heavy (non-hydrogen) atoms. The van der Waals surface area contributed by atoms with Crippen molar-refractivity contribution in [1.82, 2.24) is 0 Å². The van der Waals surface area contributed by atoms with Crippen molar-refractivity contribution >= 4 is 11.4 Å². The summed E-state index contributed by atoms with van der Waals surface area (Å²) in [5, 5.41) is 0. The van der Waals surface area contributed by atoms with Gasteiger partial charge in [0, 0.05) is 25.0 Å². The minimum atomic E-state index is -4.41. The zero-order chi connectivity index (χ0) is 13.9. The van der Waals surface area contributed by atoms with E-state index in [-0.39, 0.29) is 5.69 Å². The molecule has 0 aliphatic rings. The molecule has 1 unspecified atom stereocenters. The lowest BCUT2D eigenvalue weighted by atomic mass is 10.1. The maximum absolute atomic E-state index is 12.7. The average Bonchev–Trinajstić information content (AvgIpc) is 2.27. The van der Waals surface area contributed by atoms with Gasteiger partial charge in [-0.2, -0.15) is 13.2 Å². The highest BCUT2D eigenvalue weighted by Crippen LogP contribution is 2.35. The molecule has 0 aromatic heterocycles. The van der Waals surface area contributed by atoms with E-state index in [1.54, 1.807) is 13.1 Å². The molecule has 0 bridgehead atoms. The third-order valence-corrected chi connectivity index (χ3v) is 3.07. The molecule has 0 aliphatic carbocycles. The molecule has 1 atom stereocenters. The van der Waals surface area contributed by atoms with Crippen molar-refractivity contribution in [3.05, 3.63) is 23.8 Å². The normalized spacial score (nSPS) is 13.4. The largest absolute Gasteiger partial charge is 0.418 e. The molecule has 1 aromatic carbocycles. The molecule has 0 aliphatic heterocycles. The van der Waals surface area contributed by atoms with Gasteiger partial charge in [-0.05, 0) is 24.1 Å². The number of nitrogen functional groups attached to an aromatic ring is 1. The Kier molecular flexibility index (Phi) is 4.48. The Hall–Kier alpha value is -1.39. The van der Waals surface area contributed by atoms with E-state index in [1.165, 1.54) is 6.07 Å². The Labute approximate surface area is 106 Å². The van der Waals surface area contributed by atoms with Crippen LogP contribution in [0, 0.1) is 5.92 Å². The standard InChI is InChI=1S/C13H19F3N2/c1-4-9(2)8-18(3)10-5-6-12(17)11(7-10)13(14,15)16/h5-7,9H,4,8,17H2,1-3H3. The van der Waals surface area contributed by atoms with Crippen molar-refractivity contribution < 1.29 is 13.2 Å². The summed E-state index contributed by atoms with van der Waals surface area (Å²) in [5.41, 5.74) is 4.90. The van der Waals surface area contributed by atoms with E-state index < -0.39 is 11.7 Å². The van der Waals surface area contributed by atoms with E-state index in [0.717, 1.165) is 19.0 Å². The summed E-state index contributed by atoms with van der Waals surface area (Å²) >= 11 is 0. The first kappa shape index (κ1) is 14.7. The first-order chi connectivity index (χ1) is 8.25. The fourth-order valence-corrected chi connectivity index (χ4v) is 1.73. The van der Waals surface area contributed by atoms with Crippen LogP contribution in [-0.4, -0.2) is 13.6 Å². The fourth-order valence-electron chi connectivity index (χ4n) is 1.73. The van der Waals surface area contributed by atoms with E-state index in [9.17, 15) is 13.2 Å². The van der Waals surface area contributed by atoms with Crippen LogP contribution in [0.1, 0.15) is 25.8 Å². The van der Waals surface area contributed by atoms with Crippen molar-refractivity contribution in [3.8, 4) is 0 Å². The van der Waals surface area contributed by atoms with Crippen molar-refractivity contribution in [2.75, 3.05) is 24.2 Å². The topological polar surface area (TPSA) is 29.3 Å². The number of nitrogens with two attached hydrogens (primary N) is 1. The van der Waals surface area contributed by atoms with Crippen LogP contribution in [-0.2, 0) is 6.18 Å². The van der Waals surface area contributed by atoms with Gasteiger partial charge in [0.2, 0.25) is 0 Å². The number of alkyl halides is 3. The second-order valence-electron chi connectivity index (χ2n) is 4.66. The number of rotatable bonds is 4. The van der Waals surface area contributed by atoms with Crippen LogP contribution in [0.15, 0.2) is 18.2 Å². The molecule has 0 fully saturated rings. The minimum Gasteiger partial charge on any atom is -0.398 e. The van der Waals surface area contributed by atoms with Gasteiger partial charge in [0.05, 0.1) is 5.56 Å². The highest BCUT2D eigenvalue weighted by atomic mass is 19.4. The Bertz CT molecular complexity index is 402. The first-order valence-electron chi connectivity index (χ1n) is 5.93. The average molecular weight is 260 g/mol. The zero-order valence-electron chi connectivity index (χ0n) is 10.9. The van der Waals surface area contributed by atoms with Gasteiger partial charge in [0.15, 0.2) is 0 Å². The smallest absolute Gasteiger partial charge is 0.398 e. The van der Waals surface area contributed by atoms with Gasteiger partial charge in [-0.1, -0.05) is 20.3 Å². The molecule has 2 nitrogen and oxygen atoms in total. The van der Waals surface area contributed by atoms with Crippen LogP contribution < -0.4 is 10.6 Å². The van der Waals surface area contributed by atoms with Crippen LogP contribution in [0.5, 0.6) is 0 Å². The monoisotopic (exact) mass is 260 g/mol. The summed E-state index contributed by atoms with van der Waals surface area (Å²) in [4.78, 5) is 1.82. The summed E-state index contributed by atoms with van der Waals surface area (Å²) in [7, 11) is 1.79. The van der Waals surface area contributed by atoms with Crippen LogP contribution >= 0.6 is 0 Å². The van der Waals surface area contributed by atoms with E-state index in [1.807, 2.05) is 4.90 Å². The molecule has 5 heteroatoms. The number of nitrogens with zero attached hydrogens (tertiary/aromatic N) is 1. The Morgan fingerprint density at radius 1 is 1.33 bits per heavy atom. The summed E-state index contributed by atoms with van der Waals surface area (Å²) in [6.45, 7) is 4.85. The maximum Gasteiger partial charge on any atom is 0.418 e. The molecule has 0 spiro atoms. The quantitative estimate of drug-likeness (QED) is 0.835. The van der Waals surface area contributed by atoms with E-state index in [2.05, 4.69) is 13.8 Å². The van der Waals surface area contributed by atoms with Gasteiger partial charge < -0.3 is 10.6 Å². The van der Waals surface area contributed by atoms with E-state index in [0.29, 0.717) is 11.6 Å². The second-order valence-corrected chi connectivity index (χ2v) is 4.66. The van der Waals surface area contributed by atoms with Crippen LogP contribution in [0.4, 0.5) is 24.5 Å². The second kappa shape index (κ2) is 5.50. The molecule has 0 radical (unpaired) electrons. The first-order valence-corrected chi connectivity index (χ1v) is 5.93. The third-order valence-electron chi connectivity index (χ3n) is 3.07. The number of hydrogen-bond acceptors (Lipinski definition) is 2. The van der Waals surface area contributed by atoms with Crippen molar-refractivity contribution in [2.45, 2.75) is 26.4 Å². The summed E-state index contributed by atoms with van der Waals surface area (Å²) in [6, 6.07) is 4.04. The number of anilines is 2. The van der Waals surface area contributed by atoms with Crippen LogP contribution in [0.25, 0.3) is 0 Å². The molecule has 0 amide bonds. The van der Waals surface area contributed by atoms with E-state index in [4.69, 9.17) is 5.73 Å². The molecule has 0 saturated heterocycles. The van der Waals surface area contributed by atoms with Crippen molar-refractivity contribution in [3.63, 3.8) is 0 Å². The predicted octanol–water partition coefficient (Wildman–Crippen LogP) is 3.77. The van der Waals surface area contributed by atoms with Crippen molar-refractivity contribution in [2.24, 2.45) is 5.92 Å². The maximum atomic E-state index is 12.7. The molecule has 2 N–H and O–H groups in total. The Morgan fingerprint density at radius 3 is 2.44 bits per heavy atom. The molecule has 0 heterocycles. The summed E-state index contributed by atoms with van der Waals surface area (Å²) < 4.78 is 38.2. The number of benzene rings is 1. The SMILES string of the molecule is CCC(C)CN(C)c1ccc(N)c(C(F)(F)F)c1. The molecule has 102 valence electrons. The van der Waals surface area contributed by atoms with Gasteiger partial charge in [0.25, 0.3) is 0 Å². The van der Waals surface area contributed by atoms with Gasteiger partial charge in [-0.3, -0.25) is 0 Å². The molecule has 0 saturated carbocycles. The van der Waals surface area contributed by atoms with Gasteiger partial charge >= 0.3 is 6.18 Å². The lowest BCUT2D eigenvalue weighted by Gasteiger charge is -2.24. The van der Waals surface area contributed by atoms with Gasteiger partial charge in [-0.15, -0.1) is 0 Å². The van der Waals surface area contributed by atoms with Gasteiger partial charge in [0.1, 0.15) is 0 Å². The minimum absolute atomic E-state index is 0.233. The number of halogens is 3. The lowest BCUT2D eigenvalue weighted by Crippen LogP contribution is -2.24. The van der Waals surface area contributed by atoms with Gasteiger partial charge in [-0.25, -0.2) is 0 Å². The van der Waals surface area contributed by atoms with Crippen LogP contribution in [0.3, 0.4) is 0 Å². The third kappa shape index (κ3) is 3.55. The highest BCUT2D eigenvalue weighted by molar-refractivity contribution is 5.59. The molecular weight excluding hydrogens is 241 g/mol. The number of hydrogen-bond donors (Lipinski definition) is 1. The van der Waals surface area contributed by atoms with E-state index >= 15 is 0 Å². The molecular formula is C13H19F3N2. The lowest BCUT2D eigenvalue weighted by molar-refractivity contribution is -0.136. The zero-order valence-corrected chi connectivity index (χ0v) is 10.9. The Morgan fingerprint density at radius 2 is 1.94 bits per heavy atom. The van der Waals surface area contributed by atoms with Crippen molar-refractivity contribution in [1.29, 1.82) is 0 Å². The fraction of sp³-hybridized carbons (Fsp3) is 0.538. The highest BCUT2D eigenvalue weighted by Gasteiger charge is 2.33. The molecule has 1 aromatic rings. The van der Waals surface area contributed by atoms with Crippen LogP contribution in [0.2, 0.25) is 0 Å². The Balaban J connectivity index is 2.98. The molecule has 1 rings (SSSR count).